The monoisotopic (exact) mass is 455 g/mol. The Morgan fingerprint density at radius 2 is 1.79 bits per heavy atom. The van der Waals surface area contributed by atoms with E-state index in [1.54, 1.807) is 20.4 Å². The first-order valence-electron chi connectivity index (χ1n) is 7.98. The summed E-state index contributed by atoms with van der Waals surface area (Å²) in [6.07, 6.45) is 3.48. The van der Waals surface area contributed by atoms with Gasteiger partial charge in [0.05, 0.1) is 19.5 Å². The van der Waals surface area contributed by atoms with Crippen molar-refractivity contribution in [2.75, 3.05) is 53.7 Å². The Morgan fingerprint density at radius 1 is 1.08 bits per heavy atom. The minimum Gasteiger partial charge on any atom is -0.467 e. The summed E-state index contributed by atoms with van der Waals surface area (Å²) in [6, 6.07) is 3.77. The zero-order valence-corrected chi connectivity index (χ0v) is 16.9. The van der Waals surface area contributed by atoms with Crippen molar-refractivity contribution >= 4 is 29.9 Å². The summed E-state index contributed by atoms with van der Waals surface area (Å²) in [5.41, 5.74) is 0. The van der Waals surface area contributed by atoms with Gasteiger partial charge in [-0.3, -0.25) is 4.99 Å². The lowest BCUT2D eigenvalue weighted by Gasteiger charge is -2.12. The molecule has 8 heteroatoms. The second-order valence-electron chi connectivity index (χ2n) is 4.87. The van der Waals surface area contributed by atoms with Crippen LogP contribution in [0.1, 0.15) is 18.6 Å². The van der Waals surface area contributed by atoms with E-state index in [0.29, 0.717) is 33.0 Å². The summed E-state index contributed by atoms with van der Waals surface area (Å²) >= 11 is 0. The van der Waals surface area contributed by atoms with Crippen molar-refractivity contribution in [1.29, 1.82) is 0 Å². The second-order valence-corrected chi connectivity index (χ2v) is 4.87. The maximum atomic E-state index is 5.52. The van der Waals surface area contributed by atoms with Crippen molar-refractivity contribution < 1.29 is 18.6 Å². The van der Waals surface area contributed by atoms with E-state index in [9.17, 15) is 0 Å². The van der Waals surface area contributed by atoms with Crippen molar-refractivity contribution in [3.8, 4) is 0 Å². The quantitative estimate of drug-likeness (QED) is 0.205. The van der Waals surface area contributed by atoms with E-state index in [2.05, 4.69) is 15.6 Å². The number of nitrogens with zero attached hydrogens (tertiary/aromatic N) is 1. The van der Waals surface area contributed by atoms with Crippen molar-refractivity contribution in [3.05, 3.63) is 24.2 Å². The van der Waals surface area contributed by atoms with Crippen LogP contribution in [-0.4, -0.2) is 59.6 Å². The van der Waals surface area contributed by atoms with Crippen LogP contribution in [0.3, 0.4) is 0 Å². The molecule has 140 valence electrons. The summed E-state index contributed by atoms with van der Waals surface area (Å²) in [6.45, 7) is 4.82. The topological polar surface area (TPSA) is 77.3 Å². The third kappa shape index (κ3) is 12.6. The maximum absolute atomic E-state index is 5.52. The van der Waals surface area contributed by atoms with Crippen LogP contribution in [0.25, 0.3) is 0 Å². The van der Waals surface area contributed by atoms with Gasteiger partial charge in [-0.05, 0) is 25.0 Å². The van der Waals surface area contributed by atoms with Crippen molar-refractivity contribution in [2.45, 2.75) is 19.4 Å². The molecule has 0 aromatic carbocycles. The van der Waals surface area contributed by atoms with E-state index in [1.165, 1.54) is 0 Å². The zero-order chi connectivity index (χ0) is 16.6. The number of methoxy groups -OCH3 is 1. The average molecular weight is 455 g/mol. The number of ether oxygens (including phenoxy) is 3. The number of rotatable bonds is 13. The molecule has 2 N–H and O–H groups in total. The number of hydrogen-bond donors (Lipinski definition) is 2. The Hall–Kier alpha value is -0.840. The molecular formula is C16H30IN3O4. The van der Waals surface area contributed by atoms with E-state index in [4.69, 9.17) is 18.6 Å². The molecule has 0 bridgehead atoms. The van der Waals surface area contributed by atoms with Crippen LogP contribution in [0.4, 0.5) is 0 Å². The predicted octanol–water partition coefficient (Wildman–Crippen LogP) is 2.02. The lowest BCUT2D eigenvalue weighted by atomic mass is 10.4. The molecule has 1 aromatic rings. The second kappa shape index (κ2) is 17.0. The largest absolute Gasteiger partial charge is 0.467 e. The van der Waals surface area contributed by atoms with Gasteiger partial charge in [0.15, 0.2) is 5.96 Å². The molecule has 0 atom stereocenters. The number of halogens is 1. The third-order valence-electron chi connectivity index (χ3n) is 3.00. The van der Waals surface area contributed by atoms with E-state index in [1.807, 2.05) is 12.1 Å². The fourth-order valence-electron chi connectivity index (χ4n) is 1.79. The molecule has 0 aliphatic heterocycles. The highest BCUT2D eigenvalue weighted by Crippen LogP contribution is 2.01. The average Bonchev–Trinajstić information content (AvgIpc) is 3.08. The van der Waals surface area contributed by atoms with Crippen LogP contribution in [0, 0.1) is 0 Å². The molecule has 1 rings (SSSR count). The molecule has 24 heavy (non-hydrogen) atoms. The number of nitrogens with one attached hydrogen (secondary N) is 2. The molecule has 0 radical (unpaired) electrons. The smallest absolute Gasteiger partial charge is 0.190 e. The van der Waals surface area contributed by atoms with Crippen molar-refractivity contribution in [2.24, 2.45) is 4.99 Å². The standard InChI is InChI=1S/C16H29N3O4.HI/c1-17-16(18-7-4-9-21-13-12-20-2)19-8-5-10-22-14-15-6-3-11-23-15;/h3,6,11H,4-5,7-10,12-14H2,1-2H3,(H2,17,18,19);1H. The molecule has 0 aliphatic carbocycles. The number of furan rings is 1. The molecule has 0 saturated carbocycles. The fourth-order valence-corrected chi connectivity index (χ4v) is 1.79. The summed E-state index contributed by atoms with van der Waals surface area (Å²) in [4.78, 5) is 4.17. The van der Waals surface area contributed by atoms with Crippen molar-refractivity contribution in [3.63, 3.8) is 0 Å². The zero-order valence-electron chi connectivity index (χ0n) is 14.6. The van der Waals surface area contributed by atoms with Gasteiger partial charge in [0.25, 0.3) is 0 Å². The number of aliphatic imine (C=N–C) groups is 1. The Bertz CT molecular complexity index is 402. The van der Waals surface area contributed by atoms with Gasteiger partial charge in [0, 0.05) is 40.5 Å². The number of hydrogen-bond acceptors (Lipinski definition) is 5. The lowest BCUT2D eigenvalue weighted by Crippen LogP contribution is -2.38. The Balaban J connectivity index is 0.00000529. The molecule has 0 fully saturated rings. The molecule has 1 heterocycles. The minimum absolute atomic E-state index is 0. The first-order chi connectivity index (χ1) is 11.4. The highest BCUT2D eigenvalue weighted by Gasteiger charge is 1.98. The van der Waals surface area contributed by atoms with Crippen LogP contribution in [0.15, 0.2) is 27.8 Å². The molecule has 0 aliphatic rings. The highest BCUT2D eigenvalue weighted by molar-refractivity contribution is 14.0. The SMILES string of the molecule is CN=C(NCCCOCCOC)NCCCOCc1ccco1.I. The van der Waals surface area contributed by atoms with Gasteiger partial charge in [-0.15, -0.1) is 24.0 Å². The van der Waals surface area contributed by atoms with Crippen LogP contribution >= 0.6 is 24.0 Å². The van der Waals surface area contributed by atoms with Crippen molar-refractivity contribution in [1.82, 2.24) is 10.6 Å². The van der Waals surface area contributed by atoms with E-state index in [0.717, 1.165) is 37.7 Å². The van der Waals surface area contributed by atoms with Crippen LogP contribution < -0.4 is 10.6 Å². The normalized spacial score (nSPS) is 11.2. The molecule has 7 nitrogen and oxygen atoms in total. The molecule has 1 aromatic heterocycles. The van der Waals surface area contributed by atoms with Gasteiger partial charge < -0.3 is 29.3 Å². The van der Waals surface area contributed by atoms with Gasteiger partial charge in [0.1, 0.15) is 12.4 Å². The van der Waals surface area contributed by atoms with Gasteiger partial charge in [0.2, 0.25) is 0 Å². The van der Waals surface area contributed by atoms with Crippen LogP contribution in [0.2, 0.25) is 0 Å². The van der Waals surface area contributed by atoms with Gasteiger partial charge in [-0.25, -0.2) is 0 Å². The predicted molar refractivity (Wildman–Crippen MR) is 105 cm³/mol. The first-order valence-corrected chi connectivity index (χ1v) is 7.98. The van der Waals surface area contributed by atoms with Gasteiger partial charge >= 0.3 is 0 Å². The molecular weight excluding hydrogens is 425 g/mol. The highest BCUT2D eigenvalue weighted by atomic mass is 127. The Kier molecular flexibility index (Phi) is 16.4. The molecule has 0 unspecified atom stereocenters. The lowest BCUT2D eigenvalue weighted by molar-refractivity contribution is 0.0698. The van der Waals surface area contributed by atoms with E-state index >= 15 is 0 Å². The Morgan fingerprint density at radius 3 is 2.38 bits per heavy atom. The van der Waals surface area contributed by atoms with E-state index in [-0.39, 0.29) is 24.0 Å². The first kappa shape index (κ1) is 23.2. The van der Waals surface area contributed by atoms with E-state index < -0.39 is 0 Å². The van der Waals surface area contributed by atoms with Gasteiger partial charge in [-0.1, -0.05) is 0 Å². The minimum atomic E-state index is 0. The van der Waals surface area contributed by atoms with Crippen LogP contribution in [-0.2, 0) is 20.8 Å². The van der Waals surface area contributed by atoms with Crippen LogP contribution in [0.5, 0.6) is 0 Å². The fraction of sp³-hybridized carbons (Fsp3) is 0.688. The summed E-state index contributed by atoms with van der Waals surface area (Å²) in [5, 5.41) is 6.49. The third-order valence-corrected chi connectivity index (χ3v) is 3.00. The van der Waals surface area contributed by atoms with Gasteiger partial charge in [-0.2, -0.15) is 0 Å². The molecule has 0 amide bonds. The summed E-state index contributed by atoms with van der Waals surface area (Å²) in [7, 11) is 3.43. The number of guanidine groups is 1. The summed E-state index contributed by atoms with van der Waals surface area (Å²) in [5.74, 6) is 1.65. The molecule has 0 saturated heterocycles. The Labute approximate surface area is 161 Å². The maximum Gasteiger partial charge on any atom is 0.190 e. The molecule has 0 spiro atoms. The summed E-state index contributed by atoms with van der Waals surface area (Å²) < 4.78 is 21.0.